The van der Waals surface area contributed by atoms with Gasteiger partial charge in [-0.05, 0) is 35.7 Å². The molecule has 0 saturated heterocycles. The standard InChI is InChI=1S/C17H18BrNO2/c1-12(13-7-4-8-16(18)9-13)19-11-15-6-3-2-5-14(15)10-17(20)21/h2-9,12,19H,10-11H2,1H3,(H,20,21)/t12-/m0/s1. The Bertz CT molecular complexity index is 628. The van der Waals surface area contributed by atoms with Crippen molar-refractivity contribution in [2.24, 2.45) is 0 Å². The summed E-state index contributed by atoms with van der Waals surface area (Å²) in [4.78, 5) is 10.9. The highest BCUT2D eigenvalue weighted by atomic mass is 79.9. The molecule has 2 aromatic carbocycles. The van der Waals surface area contributed by atoms with E-state index in [1.165, 1.54) is 5.56 Å². The van der Waals surface area contributed by atoms with Crippen molar-refractivity contribution in [1.29, 1.82) is 0 Å². The lowest BCUT2D eigenvalue weighted by molar-refractivity contribution is -0.136. The van der Waals surface area contributed by atoms with Crippen LogP contribution in [0, 0.1) is 0 Å². The molecule has 2 rings (SSSR count). The van der Waals surface area contributed by atoms with Crippen LogP contribution in [0.3, 0.4) is 0 Å². The maximum atomic E-state index is 10.9. The second kappa shape index (κ2) is 7.38. The summed E-state index contributed by atoms with van der Waals surface area (Å²) in [5.74, 6) is -0.803. The average molecular weight is 348 g/mol. The van der Waals surface area contributed by atoms with Crippen molar-refractivity contribution in [3.8, 4) is 0 Å². The molecule has 2 aromatic rings. The van der Waals surface area contributed by atoms with Gasteiger partial charge in [0, 0.05) is 17.1 Å². The van der Waals surface area contributed by atoms with Crippen LogP contribution in [0.15, 0.2) is 53.0 Å². The highest BCUT2D eigenvalue weighted by Gasteiger charge is 2.09. The van der Waals surface area contributed by atoms with E-state index in [0.29, 0.717) is 6.54 Å². The van der Waals surface area contributed by atoms with E-state index in [1.54, 1.807) is 0 Å². The molecule has 0 unspecified atom stereocenters. The van der Waals surface area contributed by atoms with Crippen LogP contribution in [0.25, 0.3) is 0 Å². The predicted molar refractivity (Wildman–Crippen MR) is 87.2 cm³/mol. The lowest BCUT2D eigenvalue weighted by Gasteiger charge is -2.16. The van der Waals surface area contributed by atoms with E-state index < -0.39 is 5.97 Å². The van der Waals surface area contributed by atoms with E-state index in [-0.39, 0.29) is 12.5 Å². The van der Waals surface area contributed by atoms with Crippen LogP contribution in [0.1, 0.15) is 29.7 Å². The number of hydrogen-bond donors (Lipinski definition) is 2. The minimum atomic E-state index is -0.803. The molecule has 0 aliphatic rings. The molecule has 0 spiro atoms. The molecule has 0 bridgehead atoms. The van der Waals surface area contributed by atoms with Crippen LogP contribution < -0.4 is 5.32 Å². The fraction of sp³-hybridized carbons (Fsp3) is 0.235. The summed E-state index contributed by atoms with van der Waals surface area (Å²) in [6.07, 6.45) is 0.0587. The quantitative estimate of drug-likeness (QED) is 0.832. The summed E-state index contributed by atoms with van der Waals surface area (Å²) in [6, 6.07) is 16.0. The summed E-state index contributed by atoms with van der Waals surface area (Å²) in [6.45, 7) is 2.75. The van der Waals surface area contributed by atoms with Gasteiger partial charge in [-0.2, -0.15) is 0 Å². The predicted octanol–water partition coefficient (Wildman–Crippen LogP) is 3.93. The summed E-state index contributed by atoms with van der Waals surface area (Å²) >= 11 is 3.47. The smallest absolute Gasteiger partial charge is 0.307 e. The molecule has 4 heteroatoms. The first-order valence-electron chi connectivity index (χ1n) is 6.83. The second-order valence-corrected chi connectivity index (χ2v) is 5.91. The minimum Gasteiger partial charge on any atom is -0.481 e. The zero-order valence-corrected chi connectivity index (χ0v) is 13.4. The third-order valence-corrected chi connectivity index (χ3v) is 3.90. The molecule has 0 heterocycles. The Morgan fingerprint density at radius 3 is 2.57 bits per heavy atom. The maximum Gasteiger partial charge on any atom is 0.307 e. The van der Waals surface area contributed by atoms with Gasteiger partial charge in [0.15, 0.2) is 0 Å². The lowest BCUT2D eigenvalue weighted by atomic mass is 10.0. The number of benzene rings is 2. The van der Waals surface area contributed by atoms with Gasteiger partial charge in [0.2, 0.25) is 0 Å². The first-order chi connectivity index (χ1) is 10.1. The second-order valence-electron chi connectivity index (χ2n) is 5.00. The number of halogens is 1. The Labute approximate surface area is 133 Å². The average Bonchev–Trinajstić information content (AvgIpc) is 2.45. The van der Waals surface area contributed by atoms with E-state index in [2.05, 4.69) is 40.3 Å². The molecule has 3 nitrogen and oxygen atoms in total. The number of carboxylic acids is 1. The van der Waals surface area contributed by atoms with Crippen LogP contribution in [0.5, 0.6) is 0 Å². The number of rotatable bonds is 6. The Kier molecular flexibility index (Phi) is 5.53. The van der Waals surface area contributed by atoms with Crippen molar-refractivity contribution in [2.45, 2.75) is 25.9 Å². The molecule has 0 amide bonds. The zero-order valence-electron chi connectivity index (χ0n) is 11.8. The van der Waals surface area contributed by atoms with Crippen molar-refractivity contribution in [2.75, 3.05) is 0 Å². The van der Waals surface area contributed by atoms with Gasteiger partial charge < -0.3 is 10.4 Å². The molecule has 0 aliphatic heterocycles. The van der Waals surface area contributed by atoms with Gasteiger partial charge in [0.25, 0.3) is 0 Å². The third kappa shape index (κ3) is 4.69. The van der Waals surface area contributed by atoms with Gasteiger partial charge in [-0.1, -0.05) is 52.3 Å². The van der Waals surface area contributed by atoms with Crippen molar-refractivity contribution in [3.05, 3.63) is 69.7 Å². The number of carboxylic acid groups (broad SMARTS) is 1. The molecule has 21 heavy (non-hydrogen) atoms. The fourth-order valence-electron chi connectivity index (χ4n) is 2.22. The van der Waals surface area contributed by atoms with Crippen molar-refractivity contribution in [3.63, 3.8) is 0 Å². The molecule has 0 fully saturated rings. The number of nitrogens with one attached hydrogen (secondary N) is 1. The SMILES string of the molecule is C[C@H](NCc1ccccc1CC(=O)O)c1cccc(Br)c1. The number of aliphatic carboxylic acids is 1. The van der Waals surface area contributed by atoms with E-state index >= 15 is 0 Å². The fourth-order valence-corrected chi connectivity index (χ4v) is 2.64. The molecule has 0 aromatic heterocycles. The molecule has 2 N–H and O–H groups in total. The number of carbonyl (C=O) groups is 1. The van der Waals surface area contributed by atoms with Crippen molar-refractivity contribution >= 4 is 21.9 Å². The highest BCUT2D eigenvalue weighted by molar-refractivity contribution is 9.10. The van der Waals surface area contributed by atoms with Gasteiger partial charge in [-0.3, -0.25) is 4.79 Å². The Balaban J connectivity index is 2.04. The van der Waals surface area contributed by atoms with Crippen LogP contribution >= 0.6 is 15.9 Å². The van der Waals surface area contributed by atoms with E-state index in [0.717, 1.165) is 15.6 Å². The summed E-state index contributed by atoms with van der Waals surface area (Å²) < 4.78 is 1.06. The summed E-state index contributed by atoms with van der Waals surface area (Å²) in [5.41, 5.74) is 3.08. The molecule has 0 aliphatic carbocycles. The molecular weight excluding hydrogens is 330 g/mol. The van der Waals surface area contributed by atoms with Crippen LogP contribution in [-0.2, 0) is 17.8 Å². The Morgan fingerprint density at radius 2 is 1.90 bits per heavy atom. The van der Waals surface area contributed by atoms with Gasteiger partial charge in [0.05, 0.1) is 6.42 Å². The van der Waals surface area contributed by atoms with E-state index in [4.69, 9.17) is 5.11 Å². The van der Waals surface area contributed by atoms with Gasteiger partial charge in [-0.25, -0.2) is 0 Å². The first kappa shape index (κ1) is 15.7. The van der Waals surface area contributed by atoms with Crippen molar-refractivity contribution in [1.82, 2.24) is 5.32 Å². The maximum absolute atomic E-state index is 10.9. The molecule has 0 radical (unpaired) electrons. The summed E-state index contributed by atoms with van der Waals surface area (Å²) in [5, 5.41) is 12.4. The summed E-state index contributed by atoms with van der Waals surface area (Å²) in [7, 11) is 0. The van der Waals surface area contributed by atoms with Gasteiger partial charge in [0.1, 0.15) is 0 Å². The molecule has 110 valence electrons. The van der Waals surface area contributed by atoms with Crippen molar-refractivity contribution < 1.29 is 9.90 Å². The zero-order chi connectivity index (χ0) is 15.2. The van der Waals surface area contributed by atoms with E-state index in [1.807, 2.05) is 36.4 Å². The topological polar surface area (TPSA) is 49.3 Å². The number of hydrogen-bond acceptors (Lipinski definition) is 2. The Morgan fingerprint density at radius 1 is 1.19 bits per heavy atom. The van der Waals surface area contributed by atoms with Crippen LogP contribution in [0.2, 0.25) is 0 Å². The normalized spacial score (nSPS) is 12.1. The third-order valence-electron chi connectivity index (χ3n) is 3.41. The van der Waals surface area contributed by atoms with Gasteiger partial charge in [-0.15, -0.1) is 0 Å². The van der Waals surface area contributed by atoms with E-state index in [9.17, 15) is 4.79 Å². The monoisotopic (exact) mass is 347 g/mol. The molecule has 0 saturated carbocycles. The minimum absolute atomic E-state index is 0.0587. The first-order valence-corrected chi connectivity index (χ1v) is 7.63. The van der Waals surface area contributed by atoms with Crippen LogP contribution in [-0.4, -0.2) is 11.1 Å². The molecule has 1 atom stereocenters. The largest absolute Gasteiger partial charge is 0.481 e. The van der Waals surface area contributed by atoms with Gasteiger partial charge >= 0.3 is 5.97 Å². The molecular formula is C17H18BrNO2. The van der Waals surface area contributed by atoms with Crippen LogP contribution in [0.4, 0.5) is 0 Å². The highest BCUT2D eigenvalue weighted by Crippen LogP contribution is 2.19. The Hall–Kier alpha value is -1.65. The lowest BCUT2D eigenvalue weighted by Crippen LogP contribution is -2.19.